The van der Waals surface area contributed by atoms with Crippen LogP contribution in [0.3, 0.4) is 0 Å². The molecule has 136 valence electrons. The van der Waals surface area contributed by atoms with Crippen LogP contribution in [0.5, 0.6) is 0 Å². The summed E-state index contributed by atoms with van der Waals surface area (Å²) in [5.74, 6) is 0. The molecule has 0 aliphatic carbocycles. The van der Waals surface area contributed by atoms with Gasteiger partial charge >= 0.3 is 6.03 Å². The van der Waals surface area contributed by atoms with Crippen LogP contribution in [0, 0.1) is 0 Å². The molecule has 2 amide bonds. The van der Waals surface area contributed by atoms with Crippen molar-refractivity contribution >= 4 is 27.5 Å². The number of thiophene rings is 1. The van der Waals surface area contributed by atoms with Gasteiger partial charge in [-0.25, -0.2) is 9.48 Å². The van der Waals surface area contributed by atoms with Gasteiger partial charge in [0.15, 0.2) is 0 Å². The highest BCUT2D eigenvalue weighted by Gasteiger charge is 2.05. The molecule has 0 spiro atoms. The van der Waals surface area contributed by atoms with E-state index in [0.29, 0.717) is 13.1 Å². The Morgan fingerprint density at radius 3 is 2.70 bits per heavy atom. The van der Waals surface area contributed by atoms with Gasteiger partial charge in [0.1, 0.15) is 0 Å². The number of urea groups is 1. The predicted molar refractivity (Wildman–Crippen MR) is 109 cm³/mol. The third-order valence-corrected chi connectivity index (χ3v) is 5.41. The first-order valence-electron chi connectivity index (χ1n) is 8.85. The lowest BCUT2D eigenvalue weighted by Gasteiger charge is -2.08. The predicted octanol–water partition coefficient (Wildman–Crippen LogP) is 4.13. The minimum absolute atomic E-state index is 0.148. The monoisotopic (exact) mass is 376 g/mol. The molecule has 0 radical (unpaired) electrons. The first-order chi connectivity index (χ1) is 13.3. The number of hydrogen-bond acceptors (Lipinski definition) is 3. The summed E-state index contributed by atoms with van der Waals surface area (Å²) in [6.07, 6.45) is 4.48. The van der Waals surface area contributed by atoms with Crippen molar-refractivity contribution in [2.75, 3.05) is 6.54 Å². The van der Waals surface area contributed by atoms with E-state index in [-0.39, 0.29) is 6.03 Å². The first-order valence-corrected chi connectivity index (χ1v) is 9.73. The first kappa shape index (κ1) is 17.3. The van der Waals surface area contributed by atoms with Gasteiger partial charge in [-0.05, 0) is 52.6 Å². The fourth-order valence-corrected chi connectivity index (χ4v) is 3.97. The maximum Gasteiger partial charge on any atom is 0.315 e. The molecule has 0 bridgehead atoms. The average molecular weight is 376 g/mol. The van der Waals surface area contributed by atoms with Crippen LogP contribution >= 0.6 is 11.3 Å². The number of hydrogen-bond donors (Lipinski definition) is 2. The van der Waals surface area contributed by atoms with Crippen LogP contribution in [0.25, 0.3) is 15.8 Å². The molecule has 4 aromatic rings. The van der Waals surface area contributed by atoms with Gasteiger partial charge in [0.05, 0.1) is 5.69 Å². The number of amides is 2. The van der Waals surface area contributed by atoms with Gasteiger partial charge in [-0.15, -0.1) is 11.3 Å². The van der Waals surface area contributed by atoms with E-state index in [1.54, 1.807) is 22.2 Å². The second-order valence-corrected chi connectivity index (χ2v) is 7.14. The standard InChI is InChI=1S/C21H20N4OS/c26-21(22-12-10-17-15-27-20-5-2-1-4-19(17)20)23-14-16-6-8-18(9-7-16)25-13-3-11-24-25/h1-9,11,13,15H,10,12,14H2,(H2,22,23,26). The van der Waals surface area contributed by atoms with E-state index in [4.69, 9.17) is 0 Å². The van der Waals surface area contributed by atoms with Crippen molar-refractivity contribution in [1.82, 2.24) is 20.4 Å². The lowest BCUT2D eigenvalue weighted by Crippen LogP contribution is -2.36. The zero-order valence-corrected chi connectivity index (χ0v) is 15.6. The summed E-state index contributed by atoms with van der Waals surface area (Å²) in [5, 5.41) is 13.5. The largest absolute Gasteiger partial charge is 0.338 e. The number of carbonyl (C=O) groups excluding carboxylic acids is 1. The molecule has 4 rings (SSSR count). The van der Waals surface area contributed by atoms with Crippen LogP contribution in [-0.4, -0.2) is 22.4 Å². The van der Waals surface area contributed by atoms with E-state index >= 15 is 0 Å². The molecule has 5 nitrogen and oxygen atoms in total. The maximum atomic E-state index is 12.0. The van der Waals surface area contributed by atoms with E-state index in [1.807, 2.05) is 36.5 Å². The normalized spacial score (nSPS) is 10.8. The van der Waals surface area contributed by atoms with Crippen LogP contribution in [0.1, 0.15) is 11.1 Å². The zero-order valence-electron chi connectivity index (χ0n) is 14.8. The van der Waals surface area contributed by atoms with Crippen molar-refractivity contribution in [3.63, 3.8) is 0 Å². The van der Waals surface area contributed by atoms with Gasteiger partial charge in [0, 0.05) is 30.2 Å². The Hall–Kier alpha value is -3.12. The van der Waals surface area contributed by atoms with Gasteiger partial charge in [0.25, 0.3) is 0 Å². The van der Waals surface area contributed by atoms with Gasteiger partial charge < -0.3 is 10.6 Å². The summed E-state index contributed by atoms with van der Waals surface area (Å²) in [4.78, 5) is 12.0. The van der Waals surface area contributed by atoms with E-state index in [1.165, 1.54) is 15.6 Å². The van der Waals surface area contributed by atoms with Crippen LogP contribution < -0.4 is 10.6 Å². The quantitative estimate of drug-likeness (QED) is 0.532. The number of nitrogens with one attached hydrogen (secondary N) is 2. The Bertz CT molecular complexity index is 1020. The number of carbonyl (C=O) groups is 1. The third-order valence-electron chi connectivity index (χ3n) is 4.40. The Kier molecular flexibility index (Phi) is 5.16. The minimum Gasteiger partial charge on any atom is -0.338 e. The molecule has 0 saturated heterocycles. The second kappa shape index (κ2) is 8.05. The Morgan fingerprint density at radius 1 is 1.04 bits per heavy atom. The fraction of sp³-hybridized carbons (Fsp3) is 0.143. The summed E-state index contributed by atoms with van der Waals surface area (Å²) in [6, 6.07) is 18.1. The fourth-order valence-electron chi connectivity index (χ4n) is 2.97. The molecule has 0 aliphatic heterocycles. The molecule has 0 fully saturated rings. The van der Waals surface area contributed by atoms with Crippen LogP contribution in [0.2, 0.25) is 0 Å². The van der Waals surface area contributed by atoms with E-state index in [9.17, 15) is 4.79 Å². The molecular formula is C21H20N4OS. The SMILES string of the molecule is O=C(NCCc1csc2ccccc12)NCc1ccc(-n2cccn2)cc1. The van der Waals surface area contributed by atoms with E-state index in [2.05, 4.69) is 45.4 Å². The molecule has 2 N–H and O–H groups in total. The molecule has 0 atom stereocenters. The number of rotatable bonds is 6. The van der Waals surface area contributed by atoms with Gasteiger partial charge in [0.2, 0.25) is 0 Å². The zero-order chi connectivity index (χ0) is 18.5. The highest BCUT2D eigenvalue weighted by Crippen LogP contribution is 2.25. The molecule has 0 aliphatic rings. The molecule has 2 aromatic carbocycles. The summed E-state index contributed by atoms with van der Waals surface area (Å²) in [7, 11) is 0. The van der Waals surface area contributed by atoms with Crippen molar-refractivity contribution < 1.29 is 4.79 Å². The Morgan fingerprint density at radius 2 is 1.89 bits per heavy atom. The lowest BCUT2D eigenvalue weighted by atomic mass is 10.1. The van der Waals surface area contributed by atoms with Crippen LogP contribution in [0.15, 0.2) is 72.4 Å². The molecule has 27 heavy (non-hydrogen) atoms. The number of benzene rings is 2. The summed E-state index contributed by atoms with van der Waals surface area (Å²) >= 11 is 1.75. The highest BCUT2D eigenvalue weighted by molar-refractivity contribution is 7.17. The van der Waals surface area contributed by atoms with Crippen molar-refractivity contribution in [3.05, 3.63) is 83.5 Å². The number of aromatic nitrogens is 2. The lowest BCUT2D eigenvalue weighted by molar-refractivity contribution is 0.240. The van der Waals surface area contributed by atoms with Crippen molar-refractivity contribution in [1.29, 1.82) is 0 Å². The molecular weight excluding hydrogens is 356 g/mol. The summed E-state index contributed by atoms with van der Waals surface area (Å²) in [6.45, 7) is 1.11. The Balaban J connectivity index is 1.24. The summed E-state index contributed by atoms with van der Waals surface area (Å²) in [5.41, 5.74) is 3.33. The molecule has 0 saturated carbocycles. The minimum atomic E-state index is -0.148. The topological polar surface area (TPSA) is 59.0 Å². The third kappa shape index (κ3) is 4.17. The van der Waals surface area contributed by atoms with Gasteiger partial charge in [-0.1, -0.05) is 30.3 Å². The molecule has 2 aromatic heterocycles. The van der Waals surface area contributed by atoms with Gasteiger partial charge in [-0.3, -0.25) is 0 Å². The van der Waals surface area contributed by atoms with E-state index in [0.717, 1.165) is 17.7 Å². The average Bonchev–Trinajstić information content (AvgIpc) is 3.37. The smallest absolute Gasteiger partial charge is 0.315 e. The second-order valence-electron chi connectivity index (χ2n) is 6.23. The summed E-state index contributed by atoms with van der Waals surface area (Å²) < 4.78 is 3.09. The number of fused-ring (bicyclic) bond motifs is 1. The van der Waals surface area contributed by atoms with Crippen LogP contribution in [-0.2, 0) is 13.0 Å². The molecule has 2 heterocycles. The molecule has 0 unspecified atom stereocenters. The van der Waals surface area contributed by atoms with E-state index < -0.39 is 0 Å². The van der Waals surface area contributed by atoms with Crippen molar-refractivity contribution in [2.24, 2.45) is 0 Å². The van der Waals surface area contributed by atoms with Gasteiger partial charge in [-0.2, -0.15) is 5.10 Å². The van der Waals surface area contributed by atoms with Crippen LogP contribution in [0.4, 0.5) is 4.79 Å². The van der Waals surface area contributed by atoms with Crippen molar-refractivity contribution in [3.8, 4) is 5.69 Å². The van der Waals surface area contributed by atoms with Crippen molar-refractivity contribution in [2.45, 2.75) is 13.0 Å². The maximum absolute atomic E-state index is 12.0. The molecule has 6 heteroatoms. The Labute approximate surface area is 161 Å². The highest BCUT2D eigenvalue weighted by atomic mass is 32.1. The number of nitrogens with zero attached hydrogens (tertiary/aromatic N) is 2.